The largest absolute Gasteiger partial charge is 0.496 e. The maximum absolute atomic E-state index is 11.3. The number of rotatable bonds is 11. The molecule has 0 unspecified atom stereocenters. The van der Waals surface area contributed by atoms with E-state index in [2.05, 4.69) is 71.4 Å². The molecule has 1 aliphatic heterocycles. The minimum Gasteiger partial charge on any atom is -0.496 e. The Labute approximate surface area is 266 Å². The Morgan fingerprint density at radius 1 is 0.933 bits per heavy atom. The Balaban J connectivity index is 0.000000700. The van der Waals surface area contributed by atoms with Crippen molar-refractivity contribution in [3.8, 4) is 21.9 Å². The Morgan fingerprint density at radius 2 is 1.62 bits per heavy atom. The number of aliphatic carboxylic acids is 2. The van der Waals surface area contributed by atoms with Gasteiger partial charge in [-0.1, -0.05) is 24.3 Å². The number of carbonyl (C=O) groups is 3. The average molecular weight is 635 g/mol. The summed E-state index contributed by atoms with van der Waals surface area (Å²) in [4.78, 5) is 35.5. The highest BCUT2D eigenvalue weighted by Crippen LogP contribution is 2.47. The highest BCUT2D eigenvalue weighted by Gasteiger charge is 2.20. The third kappa shape index (κ3) is 8.74. The van der Waals surface area contributed by atoms with Crippen molar-refractivity contribution in [2.24, 2.45) is 0 Å². The predicted molar refractivity (Wildman–Crippen MR) is 175 cm³/mol. The molecule has 0 aliphatic carbocycles. The lowest BCUT2D eigenvalue weighted by atomic mass is 10.1. The molecule has 238 valence electrons. The van der Waals surface area contributed by atoms with Crippen molar-refractivity contribution in [2.45, 2.75) is 32.2 Å². The first-order valence-corrected chi connectivity index (χ1v) is 15.4. The van der Waals surface area contributed by atoms with Crippen LogP contribution in [-0.4, -0.2) is 74.0 Å². The van der Waals surface area contributed by atoms with Crippen molar-refractivity contribution in [1.82, 2.24) is 4.90 Å². The molecule has 0 atom stereocenters. The van der Waals surface area contributed by atoms with Gasteiger partial charge in [-0.15, -0.1) is 11.3 Å². The number of hydrogen-bond donors (Lipinski definition) is 2. The van der Waals surface area contributed by atoms with Crippen LogP contribution in [0.25, 0.3) is 20.5 Å². The van der Waals surface area contributed by atoms with Gasteiger partial charge in [-0.3, -0.25) is 9.69 Å². The van der Waals surface area contributed by atoms with Crippen LogP contribution in [0.4, 0.5) is 11.4 Å². The first-order valence-electron chi connectivity index (χ1n) is 14.6. The second-order valence-electron chi connectivity index (χ2n) is 10.5. The number of ether oxygens (including phenoxy) is 3. The molecule has 11 heteroatoms. The first-order chi connectivity index (χ1) is 21.7. The number of anilines is 2. The molecular formula is C34H38N2O8S. The molecule has 0 saturated carbocycles. The van der Waals surface area contributed by atoms with E-state index in [4.69, 9.17) is 34.0 Å². The number of benzene rings is 3. The molecule has 0 bridgehead atoms. The fourth-order valence-electron chi connectivity index (χ4n) is 5.15. The van der Waals surface area contributed by atoms with Crippen LogP contribution in [0.15, 0.2) is 66.7 Å². The Kier molecular flexibility index (Phi) is 11.8. The second kappa shape index (κ2) is 15.9. The molecule has 3 aromatic carbocycles. The van der Waals surface area contributed by atoms with E-state index in [1.807, 2.05) is 12.1 Å². The van der Waals surface area contributed by atoms with E-state index in [1.54, 1.807) is 18.4 Å². The Hall–Kier alpha value is -4.61. The number of fused-ring (bicyclic) bond motifs is 1. The molecule has 5 rings (SSSR count). The van der Waals surface area contributed by atoms with E-state index in [-0.39, 0.29) is 5.97 Å². The fourth-order valence-corrected chi connectivity index (χ4v) is 6.39. The number of carboxylic acid groups (broad SMARTS) is 2. The molecule has 0 amide bonds. The minimum atomic E-state index is -1.82. The fraction of sp³-hybridized carbons (Fsp3) is 0.324. The number of thiophene rings is 1. The van der Waals surface area contributed by atoms with Crippen molar-refractivity contribution in [2.75, 3.05) is 45.9 Å². The van der Waals surface area contributed by atoms with Gasteiger partial charge in [0.15, 0.2) is 0 Å². The zero-order valence-electron chi connectivity index (χ0n) is 25.7. The Morgan fingerprint density at radius 3 is 2.27 bits per heavy atom. The summed E-state index contributed by atoms with van der Waals surface area (Å²) in [6, 6.07) is 23.4. The second-order valence-corrected chi connectivity index (χ2v) is 11.5. The average Bonchev–Trinajstić information content (AvgIpc) is 3.71. The zero-order valence-corrected chi connectivity index (χ0v) is 26.5. The van der Waals surface area contributed by atoms with Gasteiger partial charge in [-0.05, 0) is 74.3 Å². The number of methoxy groups -OCH3 is 2. The molecule has 1 aromatic heterocycles. The van der Waals surface area contributed by atoms with Crippen LogP contribution < -0.4 is 14.4 Å². The number of hydrogen-bond acceptors (Lipinski definition) is 9. The molecule has 10 nitrogen and oxygen atoms in total. The molecular weight excluding hydrogens is 596 g/mol. The van der Waals surface area contributed by atoms with Gasteiger partial charge in [0.2, 0.25) is 0 Å². The molecule has 1 saturated heterocycles. The molecule has 0 spiro atoms. The van der Waals surface area contributed by atoms with Crippen molar-refractivity contribution >= 4 is 50.7 Å². The van der Waals surface area contributed by atoms with E-state index in [1.165, 1.54) is 46.2 Å². The zero-order chi connectivity index (χ0) is 32.3. The summed E-state index contributed by atoms with van der Waals surface area (Å²) in [6.07, 6.45) is 3.54. The topological polar surface area (TPSA) is 126 Å². The summed E-state index contributed by atoms with van der Waals surface area (Å²) >= 11 is 1.80. The summed E-state index contributed by atoms with van der Waals surface area (Å²) in [6.45, 7) is 3.72. The molecule has 1 aliphatic rings. The molecule has 1 fully saturated rings. The number of carboxylic acids is 2. The van der Waals surface area contributed by atoms with Crippen molar-refractivity contribution in [1.29, 1.82) is 0 Å². The highest BCUT2D eigenvalue weighted by molar-refractivity contribution is 7.23. The standard InChI is InChI=1S/C32H36N2O4S.C2H2O4/c1-33(25-15-12-24(28(21-25)36-2)22-34-18-6-7-19-34)31-27-9-4-5-10-29(27)39-32(31)23-13-16-26(17-14-23)38-20-8-11-30(35)37-3;3-1(4)2(5)6/h4-5,9-10,12-17,21H,6-8,11,18-20,22H2,1-3H3;(H,3,4)(H,5,6). The lowest BCUT2D eigenvalue weighted by molar-refractivity contribution is -0.159. The van der Waals surface area contributed by atoms with Crippen LogP contribution in [0.3, 0.4) is 0 Å². The van der Waals surface area contributed by atoms with Gasteiger partial charge in [-0.2, -0.15) is 0 Å². The molecule has 0 radical (unpaired) electrons. The number of carbonyl (C=O) groups excluding carboxylic acids is 1. The molecule has 45 heavy (non-hydrogen) atoms. The van der Waals surface area contributed by atoms with Gasteiger partial charge < -0.3 is 29.3 Å². The normalized spacial score (nSPS) is 12.7. The smallest absolute Gasteiger partial charge is 0.414 e. The summed E-state index contributed by atoms with van der Waals surface area (Å²) in [7, 11) is 5.30. The van der Waals surface area contributed by atoms with Crippen molar-refractivity contribution in [3.05, 3.63) is 72.3 Å². The van der Waals surface area contributed by atoms with Gasteiger partial charge >= 0.3 is 17.9 Å². The lowest BCUT2D eigenvalue weighted by Gasteiger charge is -2.23. The minimum absolute atomic E-state index is 0.214. The molecule has 2 N–H and O–H groups in total. The number of esters is 1. The number of nitrogens with zero attached hydrogens (tertiary/aromatic N) is 2. The molecule has 4 aromatic rings. The summed E-state index contributed by atoms with van der Waals surface area (Å²) in [5.41, 5.74) is 4.63. The van der Waals surface area contributed by atoms with Gasteiger partial charge in [0.1, 0.15) is 11.5 Å². The van der Waals surface area contributed by atoms with Crippen molar-refractivity contribution in [3.63, 3.8) is 0 Å². The van der Waals surface area contributed by atoms with Crippen LogP contribution in [0, 0.1) is 0 Å². The van der Waals surface area contributed by atoms with Crippen molar-refractivity contribution < 1.29 is 38.8 Å². The van der Waals surface area contributed by atoms with E-state index < -0.39 is 11.9 Å². The summed E-state index contributed by atoms with van der Waals surface area (Å²) < 4.78 is 17.6. The van der Waals surface area contributed by atoms with Crippen LogP contribution in [0.1, 0.15) is 31.2 Å². The third-order valence-corrected chi connectivity index (χ3v) is 8.69. The van der Waals surface area contributed by atoms with E-state index >= 15 is 0 Å². The SMILES string of the molecule is COC(=O)CCCOc1ccc(-c2sc3ccccc3c2N(C)c2ccc(CN3CCCC3)c(OC)c2)cc1.O=C(O)C(=O)O. The summed E-state index contributed by atoms with van der Waals surface area (Å²) in [5.74, 6) is -2.14. The molecule has 2 heterocycles. The summed E-state index contributed by atoms with van der Waals surface area (Å²) in [5, 5.41) is 16.0. The van der Waals surface area contributed by atoms with Gasteiger partial charge in [-0.25, -0.2) is 9.59 Å². The first kappa shape index (κ1) is 33.3. The van der Waals surface area contributed by atoms with E-state index in [0.717, 1.165) is 42.4 Å². The van der Waals surface area contributed by atoms with Gasteiger partial charge in [0.25, 0.3) is 0 Å². The van der Waals surface area contributed by atoms with Crippen LogP contribution in [-0.2, 0) is 25.7 Å². The lowest BCUT2D eigenvalue weighted by Crippen LogP contribution is -2.19. The maximum atomic E-state index is 11.3. The van der Waals surface area contributed by atoms with E-state index in [9.17, 15) is 4.79 Å². The maximum Gasteiger partial charge on any atom is 0.414 e. The quantitative estimate of drug-likeness (QED) is 0.108. The monoisotopic (exact) mass is 634 g/mol. The Bertz CT molecular complexity index is 1600. The predicted octanol–water partition coefficient (Wildman–Crippen LogP) is 6.43. The van der Waals surface area contributed by atoms with Crippen LogP contribution in [0.5, 0.6) is 11.5 Å². The van der Waals surface area contributed by atoms with Gasteiger partial charge in [0.05, 0.1) is 31.4 Å². The highest BCUT2D eigenvalue weighted by atomic mass is 32.1. The third-order valence-electron chi connectivity index (χ3n) is 7.48. The number of likely N-dealkylation sites (tertiary alicyclic amines) is 1. The van der Waals surface area contributed by atoms with E-state index in [0.29, 0.717) is 19.4 Å². The van der Waals surface area contributed by atoms with Crippen LogP contribution in [0.2, 0.25) is 0 Å². The van der Waals surface area contributed by atoms with Crippen LogP contribution >= 0.6 is 11.3 Å². The van der Waals surface area contributed by atoms with Gasteiger partial charge in [0, 0.05) is 47.4 Å².